The van der Waals surface area contributed by atoms with E-state index in [1.54, 1.807) is 10.6 Å². The van der Waals surface area contributed by atoms with Gasteiger partial charge in [-0.15, -0.1) is 0 Å². The minimum Gasteiger partial charge on any atom is -0.457 e. The van der Waals surface area contributed by atoms with Crippen LogP contribution in [0.5, 0.6) is 11.5 Å². The SMILES string of the molecule is Cc1cc(Nc2ncnc3ccc(C4=CCN(C(=O)/C=C/C5CCCN5C)CC4)nc23)ccc1Oc1ccn2ncnc2c1. The molecule has 222 valence electrons. The molecule has 1 unspecified atom stereocenters. The average molecular weight is 588 g/mol. The highest BCUT2D eigenvalue weighted by molar-refractivity contribution is 5.90. The molecule has 11 heteroatoms. The molecule has 1 N–H and O–H groups in total. The molecular formula is C33H33N9O2. The molecule has 0 radical (unpaired) electrons. The van der Waals surface area contributed by atoms with Gasteiger partial charge in [-0.1, -0.05) is 12.2 Å². The summed E-state index contributed by atoms with van der Waals surface area (Å²) >= 11 is 0. The van der Waals surface area contributed by atoms with Crippen LogP contribution in [0.15, 0.2) is 79.5 Å². The van der Waals surface area contributed by atoms with Crippen molar-refractivity contribution in [1.29, 1.82) is 0 Å². The van der Waals surface area contributed by atoms with Crippen molar-refractivity contribution < 1.29 is 9.53 Å². The summed E-state index contributed by atoms with van der Waals surface area (Å²) in [5.74, 6) is 2.11. The largest absolute Gasteiger partial charge is 0.457 e. The van der Waals surface area contributed by atoms with E-state index in [9.17, 15) is 4.79 Å². The van der Waals surface area contributed by atoms with Crippen LogP contribution in [0.1, 0.15) is 30.5 Å². The highest BCUT2D eigenvalue weighted by Crippen LogP contribution is 2.31. The van der Waals surface area contributed by atoms with Gasteiger partial charge in [0.1, 0.15) is 29.7 Å². The molecule has 4 aromatic heterocycles. The fourth-order valence-corrected chi connectivity index (χ4v) is 5.76. The third kappa shape index (κ3) is 5.73. The lowest BCUT2D eigenvalue weighted by Crippen LogP contribution is -2.34. The van der Waals surface area contributed by atoms with Gasteiger partial charge in [0.2, 0.25) is 5.91 Å². The average Bonchev–Trinajstić information content (AvgIpc) is 3.69. The van der Waals surface area contributed by atoms with E-state index in [0.29, 0.717) is 36.2 Å². The summed E-state index contributed by atoms with van der Waals surface area (Å²) in [5.41, 5.74) is 5.96. The molecule has 0 spiro atoms. The number of carbonyl (C=O) groups is 1. The maximum absolute atomic E-state index is 12.8. The van der Waals surface area contributed by atoms with Crippen molar-refractivity contribution in [3.05, 3.63) is 90.8 Å². The van der Waals surface area contributed by atoms with Gasteiger partial charge < -0.3 is 15.0 Å². The normalized spacial score (nSPS) is 17.5. The highest BCUT2D eigenvalue weighted by Gasteiger charge is 2.21. The van der Waals surface area contributed by atoms with E-state index < -0.39 is 0 Å². The quantitative estimate of drug-likeness (QED) is 0.257. The first-order valence-electron chi connectivity index (χ1n) is 14.8. The predicted octanol–water partition coefficient (Wildman–Crippen LogP) is 5.18. The zero-order chi connectivity index (χ0) is 30.0. The van der Waals surface area contributed by atoms with Crippen LogP contribution in [-0.2, 0) is 4.79 Å². The van der Waals surface area contributed by atoms with E-state index in [4.69, 9.17) is 9.72 Å². The lowest BCUT2D eigenvalue weighted by atomic mass is 10.0. The van der Waals surface area contributed by atoms with Crippen molar-refractivity contribution in [2.45, 2.75) is 32.2 Å². The number of nitrogens with one attached hydrogen (secondary N) is 1. The first kappa shape index (κ1) is 27.7. The Hall–Kier alpha value is -5.16. The van der Waals surface area contributed by atoms with E-state index in [1.165, 1.54) is 19.1 Å². The summed E-state index contributed by atoms with van der Waals surface area (Å²) in [6.07, 6.45) is 13.8. The van der Waals surface area contributed by atoms with Gasteiger partial charge in [-0.2, -0.15) is 5.10 Å². The standard InChI is InChI=1S/C33H33N9O2/c1-22-18-24(5-9-29(22)44-26-13-17-42-30(19-26)35-21-37-42)38-33-32-28(34-20-36-33)8-7-27(39-32)23-11-15-41(16-12-23)31(43)10-6-25-4-3-14-40(25)2/h5-11,13,17-21,25H,3-4,12,14-16H2,1-2H3,(H,34,36,38)/b10-6+. The molecule has 0 bridgehead atoms. The van der Waals surface area contributed by atoms with E-state index in [2.05, 4.69) is 49.5 Å². The fourth-order valence-electron chi connectivity index (χ4n) is 5.76. The predicted molar refractivity (Wildman–Crippen MR) is 169 cm³/mol. The number of rotatable bonds is 7. The van der Waals surface area contributed by atoms with Gasteiger partial charge in [0, 0.05) is 43.2 Å². The third-order valence-corrected chi connectivity index (χ3v) is 8.29. The number of anilines is 2. The molecule has 5 aromatic rings. The van der Waals surface area contributed by atoms with Gasteiger partial charge in [-0.25, -0.2) is 24.5 Å². The van der Waals surface area contributed by atoms with Crippen LogP contribution in [0.25, 0.3) is 22.3 Å². The van der Waals surface area contributed by atoms with Crippen molar-refractivity contribution in [1.82, 2.24) is 39.3 Å². The molecule has 6 heterocycles. The van der Waals surface area contributed by atoms with Crippen LogP contribution in [-0.4, -0.2) is 78.0 Å². The number of carbonyl (C=O) groups excluding carboxylic acids is 1. The molecule has 1 aromatic carbocycles. The highest BCUT2D eigenvalue weighted by atomic mass is 16.5. The summed E-state index contributed by atoms with van der Waals surface area (Å²) < 4.78 is 7.81. The monoisotopic (exact) mass is 587 g/mol. The topological polar surface area (TPSA) is 114 Å². The van der Waals surface area contributed by atoms with Crippen LogP contribution in [0.2, 0.25) is 0 Å². The molecule has 0 aliphatic carbocycles. The van der Waals surface area contributed by atoms with Gasteiger partial charge in [0.15, 0.2) is 11.5 Å². The second-order valence-corrected chi connectivity index (χ2v) is 11.2. The Kier molecular flexibility index (Phi) is 7.45. The van der Waals surface area contributed by atoms with Gasteiger partial charge in [0.25, 0.3) is 0 Å². The van der Waals surface area contributed by atoms with Crippen molar-refractivity contribution in [2.75, 3.05) is 32.0 Å². The van der Waals surface area contributed by atoms with Gasteiger partial charge in [-0.05, 0) is 87.3 Å². The first-order chi connectivity index (χ1) is 21.5. The van der Waals surface area contributed by atoms with Crippen LogP contribution in [0, 0.1) is 6.92 Å². The van der Waals surface area contributed by atoms with Crippen LogP contribution in [0.3, 0.4) is 0 Å². The van der Waals surface area contributed by atoms with E-state index >= 15 is 0 Å². The number of aromatic nitrogens is 6. The molecule has 1 amide bonds. The number of ether oxygens (including phenoxy) is 1. The van der Waals surface area contributed by atoms with Gasteiger partial charge in [-0.3, -0.25) is 9.69 Å². The molecule has 1 fully saturated rings. The minimum absolute atomic E-state index is 0.0649. The third-order valence-electron chi connectivity index (χ3n) is 8.29. The molecular weight excluding hydrogens is 554 g/mol. The van der Waals surface area contributed by atoms with Gasteiger partial charge >= 0.3 is 0 Å². The Balaban J connectivity index is 1.05. The number of hydrogen-bond donors (Lipinski definition) is 1. The Morgan fingerprint density at radius 3 is 2.82 bits per heavy atom. The molecule has 44 heavy (non-hydrogen) atoms. The fraction of sp³-hybridized carbons (Fsp3) is 0.273. The van der Waals surface area contributed by atoms with Crippen molar-refractivity contribution in [3.63, 3.8) is 0 Å². The summed E-state index contributed by atoms with van der Waals surface area (Å²) in [4.78, 5) is 35.1. The number of amides is 1. The van der Waals surface area contributed by atoms with E-state index in [0.717, 1.165) is 58.8 Å². The van der Waals surface area contributed by atoms with Crippen LogP contribution in [0.4, 0.5) is 11.5 Å². The van der Waals surface area contributed by atoms with Crippen LogP contribution >= 0.6 is 0 Å². The minimum atomic E-state index is 0.0649. The lowest BCUT2D eigenvalue weighted by molar-refractivity contribution is -0.125. The van der Waals surface area contributed by atoms with Crippen molar-refractivity contribution in [3.8, 4) is 11.5 Å². The maximum atomic E-state index is 12.8. The number of fused-ring (bicyclic) bond motifs is 2. The van der Waals surface area contributed by atoms with E-state index in [-0.39, 0.29) is 5.91 Å². The lowest BCUT2D eigenvalue weighted by Gasteiger charge is -2.25. The Morgan fingerprint density at radius 1 is 1.07 bits per heavy atom. The summed E-state index contributed by atoms with van der Waals surface area (Å²) in [6.45, 7) is 4.31. The molecule has 1 saturated heterocycles. The number of pyridine rings is 2. The molecule has 11 nitrogen and oxygen atoms in total. The first-order valence-corrected chi connectivity index (χ1v) is 14.8. The molecule has 0 saturated carbocycles. The van der Waals surface area contributed by atoms with Crippen LogP contribution < -0.4 is 10.1 Å². The Bertz CT molecular complexity index is 1910. The number of nitrogens with zero attached hydrogens (tertiary/aromatic N) is 8. The molecule has 2 aliphatic heterocycles. The molecule has 1 atom stereocenters. The van der Waals surface area contributed by atoms with E-state index in [1.807, 2.05) is 60.5 Å². The number of benzene rings is 1. The zero-order valence-corrected chi connectivity index (χ0v) is 24.7. The summed E-state index contributed by atoms with van der Waals surface area (Å²) in [7, 11) is 2.11. The second kappa shape index (κ2) is 11.8. The smallest absolute Gasteiger partial charge is 0.246 e. The molecule has 2 aliphatic rings. The Labute approximate surface area is 254 Å². The zero-order valence-electron chi connectivity index (χ0n) is 24.7. The number of aryl methyl sites for hydroxylation is 1. The molecule has 7 rings (SSSR count). The summed E-state index contributed by atoms with van der Waals surface area (Å²) in [6, 6.07) is 13.9. The summed E-state index contributed by atoms with van der Waals surface area (Å²) in [5, 5.41) is 7.54. The van der Waals surface area contributed by atoms with Crippen molar-refractivity contribution in [2.24, 2.45) is 0 Å². The number of likely N-dealkylation sites (N-methyl/N-ethyl adjacent to an activating group) is 1. The number of hydrogen-bond acceptors (Lipinski definition) is 9. The van der Waals surface area contributed by atoms with Gasteiger partial charge in [0.05, 0.1) is 11.2 Å². The second-order valence-electron chi connectivity index (χ2n) is 11.2. The maximum Gasteiger partial charge on any atom is 0.246 e. The Morgan fingerprint density at radius 2 is 2.00 bits per heavy atom. The number of likely N-dealkylation sites (tertiary alicyclic amines) is 1. The van der Waals surface area contributed by atoms with Crippen molar-refractivity contribution >= 4 is 39.7 Å².